The van der Waals surface area contributed by atoms with Crippen molar-refractivity contribution >= 4 is 33.3 Å². The van der Waals surface area contributed by atoms with Crippen LogP contribution in [0.4, 0.5) is 0 Å². The highest BCUT2D eigenvalue weighted by Crippen LogP contribution is 2.39. The maximum Gasteiger partial charge on any atom is 0.215 e. The van der Waals surface area contributed by atoms with Crippen molar-refractivity contribution in [1.82, 2.24) is 30.2 Å². The van der Waals surface area contributed by atoms with E-state index in [-0.39, 0.29) is 6.10 Å². The minimum atomic E-state index is 0.173. The van der Waals surface area contributed by atoms with E-state index in [9.17, 15) is 0 Å². The summed E-state index contributed by atoms with van der Waals surface area (Å²) >= 11 is 3.12. The molecule has 0 aliphatic carbocycles. The fraction of sp³-hybridized carbons (Fsp3) is 0.316. The van der Waals surface area contributed by atoms with E-state index < -0.39 is 0 Å². The zero-order chi connectivity index (χ0) is 19.6. The molecule has 29 heavy (non-hydrogen) atoms. The quantitative estimate of drug-likeness (QED) is 0.432. The molecule has 1 aromatic carbocycles. The van der Waals surface area contributed by atoms with Crippen molar-refractivity contribution in [2.75, 3.05) is 13.7 Å². The molecule has 1 aliphatic rings. The Balaban J connectivity index is 1.43. The molecule has 0 unspecified atom stereocenters. The fourth-order valence-electron chi connectivity index (χ4n) is 3.25. The van der Waals surface area contributed by atoms with Crippen molar-refractivity contribution in [3.63, 3.8) is 0 Å². The SMILES string of the molecule is COc1ccc(-c2cc3ncnc(Sc4nnnn4C[C@H]4CCCO4)c3s2)cc1. The van der Waals surface area contributed by atoms with Gasteiger partial charge in [0.25, 0.3) is 0 Å². The van der Waals surface area contributed by atoms with E-state index in [1.165, 1.54) is 11.8 Å². The number of nitrogens with zero attached hydrogens (tertiary/aromatic N) is 6. The highest BCUT2D eigenvalue weighted by Gasteiger charge is 2.20. The average molecular weight is 427 g/mol. The molecule has 5 rings (SSSR count). The summed E-state index contributed by atoms with van der Waals surface area (Å²) in [7, 11) is 1.67. The van der Waals surface area contributed by atoms with Crippen LogP contribution in [0.15, 0.2) is 46.8 Å². The molecular formula is C19H18N6O2S2. The van der Waals surface area contributed by atoms with Gasteiger partial charge in [0.05, 0.1) is 30.0 Å². The van der Waals surface area contributed by atoms with Crippen molar-refractivity contribution in [3.8, 4) is 16.2 Å². The number of aromatic nitrogens is 6. The third kappa shape index (κ3) is 3.83. The Morgan fingerprint density at radius 3 is 2.97 bits per heavy atom. The van der Waals surface area contributed by atoms with Gasteiger partial charge in [0.2, 0.25) is 5.16 Å². The lowest BCUT2D eigenvalue weighted by molar-refractivity contribution is 0.0912. The number of tetrazole rings is 1. The summed E-state index contributed by atoms with van der Waals surface area (Å²) in [5, 5.41) is 13.7. The van der Waals surface area contributed by atoms with Crippen LogP contribution in [-0.4, -0.2) is 50.0 Å². The number of fused-ring (bicyclic) bond motifs is 1. The summed E-state index contributed by atoms with van der Waals surface area (Å²) in [4.78, 5) is 10.1. The van der Waals surface area contributed by atoms with Gasteiger partial charge in [-0.25, -0.2) is 14.6 Å². The molecular weight excluding hydrogens is 408 g/mol. The normalized spacial score (nSPS) is 16.5. The Morgan fingerprint density at radius 1 is 1.28 bits per heavy atom. The zero-order valence-corrected chi connectivity index (χ0v) is 17.3. The largest absolute Gasteiger partial charge is 0.497 e. The second kappa shape index (κ2) is 8.05. The van der Waals surface area contributed by atoms with Gasteiger partial charge in [-0.15, -0.1) is 16.4 Å². The second-order valence-electron chi connectivity index (χ2n) is 6.61. The molecule has 0 radical (unpaired) electrons. The van der Waals surface area contributed by atoms with E-state index in [1.54, 1.807) is 29.5 Å². The molecule has 3 aromatic heterocycles. The Kier molecular flexibility index (Phi) is 5.13. The molecule has 4 aromatic rings. The summed E-state index contributed by atoms with van der Waals surface area (Å²) in [5.41, 5.74) is 2.03. The van der Waals surface area contributed by atoms with Crippen molar-refractivity contribution < 1.29 is 9.47 Å². The lowest BCUT2D eigenvalue weighted by Crippen LogP contribution is -2.16. The molecule has 10 heteroatoms. The first-order chi connectivity index (χ1) is 14.3. The maximum absolute atomic E-state index is 5.71. The van der Waals surface area contributed by atoms with E-state index in [2.05, 4.69) is 31.6 Å². The van der Waals surface area contributed by atoms with Crippen molar-refractivity contribution in [2.45, 2.75) is 35.7 Å². The van der Waals surface area contributed by atoms with Crippen LogP contribution in [0.3, 0.4) is 0 Å². The Morgan fingerprint density at radius 2 is 2.17 bits per heavy atom. The first kappa shape index (κ1) is 18.5. The molecule has 0 amide bonds. The maximum atomic E-state index is 5.71. The number of rotatable bonds is 6. The minimum Gasteiger partial charge on any atom is -0.497 e. The molecule has 1 atom stereocenters. The third-order valence-corrected chi connectivity index (χ3v) is 7.03. The summed E-state index contributed by atoms with van der Waals surface area (Å²) in [5.74, 6) is 0.837. The standard InChI is InChI=1S/C19H18N6O2S2/c1-26-13-6-4-12(5-7-13)16-9-15-17(28-16)18(21-11-20-15)29-19-22-23-24-25(19)10-14-3-2-8-27-14/h4-7,9,11,14H,2-3,8,10H2,1H3/t14-/m1/s1. The van der Waals surface area contributed by atoms with Crippen LogP contribution in [-0.2, 0) is 11.3 Å². The smallest absolute Gasteiger partial charge is 0.215 e. The van der Waals surface area contributed by atoms with E-state index >= 15 is 0 Å². The summed E-state index contributed by atoms with van der Waals surface area (Å²) in [6.07, 6.45) is 3.89. The van der Waals surface area contributed by atoms with E-state index in [0.29, 0.717) is 11.7 Å². The van der Waals surface area contributed by atoms with Crippen LogP contribution in [0.2, 0.25) is 0 Å². The van der Waals surface area contributed by atoms with E-state index in [0.717, 1.165) is 50.9 Å². The summed E-state index contributed by atoms with van der Waals surface area (Å²) in [6, 6.07) is 10.1. The topological polar surface area (TPSA) is 87.8 Å². The number of methoxy groups -OCH3 is 1. The van der Waals surface area contributed by atoms with Gasteiger partial charge in [-0.05, 0) is 70.9 Å². The van der Waals surface area contributed by atoms with Gasteiger partial charge in [-0.2, -0.15) is 0 Å². The molecule has 148 valence electrons. The zero-order valence-electron chi connectivity index (χ0n) is 15.7. The minimum absolute atomic E-state index is 0.173. The van der Waals surface area contributed by atoms with Gasteiger partial charge in [-0.3, -0.25) is 0 Å². The number of ether oxygens (including phenoxy) is 2. The second-order valence-corrected chi connectivity index (χ2v) is 8.62. The van der Waals surface area contributed by atoms with Gasteiger partial charge in [-0.1, -0.05) is 0 Å². The van der Waals surface area contributed by atoms with E-state index in [4.69, 9.17) is 9.47 Å². The van der Waals surface area contributed by atoms with Crippen LogP contribution >= 0.6 is 23.1 Å². The fourth-order valence-corrected chi connectivity index (χ4v) is 5.27. The van der Waals surface area contributed by atoms with Crippen molar-refractivity contribution in [3.05, 3.63) is 36.7 Å². The lowest BCUT2D eigenvalue weighted by Gasteiger charge is -2.09. The van der Waals surface area contributed by atoms with Crippen LogP contribution < -0.4 is 4.74 Å². The van der Waals surface area contributed by atoms with Gasteiger partial charge < -0.3 is 9.47 Å². The highest BCUT2D eigenvalue weighted by molar-refractivity contribution is 7.99. The molecule has 1 saturated heterocycles. The third-order valence-electron chi connectivity index (χ3n) is 4.74. The van der Waals surface area contributed by atoms with Crippen LogP contribution in [0.5, 0.6) is 5.75 Å². The van der Waals surface area contributed by atoms with Gasteiger partial charge in [0.15, 0.2) is 0 Å². The monoisotopic (exact) mass is 426 g/mol. The van der Waals surface area contributed by atoms with Gasteiger partial charge >= 0.3 is 0 Å². The summed E-state index contributed by atoms with van der Waals surface area (Å²) in [6.45, 7) is 1.47. The predicted molar refractivity (Wildman–Crippen MR) is 110 cm³/mol. The first-order valence-corrected chi connectivity index (χ1v) is 10.9. The van der Waals surface area contributed by atoms with Crippen LogP contribution in [0, 0.1) is 0 Å². The molecule has 0 saturated carbocycles. The number of thiophene rings is 1. The first-order valence-electron chi connectivity index (χ1n) is 9.25. The van der Waals surface area contributed by atoms with Crippen LogP contribution in [0.25, 0.3) is 20.7 Å². The molecule has 4 heterocycles. The van der Waals surface area contributed by atoms with E-state index in [1.807, 2.05) is 24.3 Å². The van der Waals surface area contributed by atoms with Gasteiger partial charge in [0, 0.05) is 11.5 Å². The number of hydrogen-bond donors (Lipinski definition) is 0. The Bertz CT molecular complexity index is 1120. The predicted octanol–water partition coefficient (Wildman–Crippen LogP) is 3.68. The van der Waals surface area contributed by atoms with Crippen molar-refractivity contribution in [2.24, 2.45) is 0 Å². The Hall–Kier alpha value is -2.56. The molecule has 1 aliphatic heterocycles. The molecule has 0 bridgehead atoms. The number of benzene rings is 1. The van der Waals surface area contributed by atoms with Crippen molar-refractivity contribution in [1.29, 1.82) is 0 Å². The van der Waals surface area contributed by atoms with Gasteiger partial charge in [0.1, 0.15) is 17.1 Å². The molecule has 0 N–H and O–H groups in total. The summed E-state index contributed by atoms with van der Waals surface area (Å²) < 4.78 is 13.8. The lowest BCUT2D eigenvalue weighted by atomic mass is 10.2. The number of hydrogen-bond acceptors (Lipinski definition) is 9. The average Bonchev–Trinajstić information content (AvgIpc) is 3.50. The molecule has 1 fully saturated rings. The Labute approximate surface area is 175 Å². The highest BCUT2D eigenvalue weighted by atomic mass is 32.2. The molecule has 8 nitrogen and oxygen atoms in total. The molecule has 0 spiro atoms. The van der Waals surface area contributed by atoms with Crippen LogP contribution in [0.1, 0.15) is 12.8 Å².